The first-order valence-electron chi connectivity index (χ1n) is 6.78. The number of rotatable bonds is 2. The molecule has 6 heteroatoms. The van der Waals surface area contributed by atoms with Gasteiger partial charge in [-0.15, -0.1) is 0 Å². The molecule has 0 amide bonds. The molecule has 0 N–H and O–H groups in total. The van der Waals surface area contributed by atoms with Crippen LogP contribution >= 0.6 is 0 Å². The van der Waals surface area contributed by atoms with Gasteiger partial charge in [0.2, 0.25) is 6.79 Å². The molecule has 114 valence electrons. The lowest BCUT2D eigenvalue weighted by atomic mass is 9.97. The fourth-order valence-electron chi connectivity index (χ4n) is 2.65. The molecule has 0 saturated carbocycles. The standard InChI is InChI=1S/C17H9FO5/c18-10-1-2-14-13(4-10)12(6-17(20)23-14)11-5-16-15(21-8-22-16)3-9(11)7-19/h1-7H,8H2. The van der Waals surface area contributed by atoms with Gasteiger partial charge in [-0.2, -0.15) is 0 Å². The Hall–Kier alpha value is -3.15. The Bertz CT molecular complexity index is 1010. The molecule has 0 unspecified atom stereocenters. The molecule has 4 rings (SSSR count). The van der Waals surface area contributed by atoms with E-state index in [1.807, 2.05) is 0 Å². The van der Waals surface area contributed by atoms with Gasteiger partial charge in [-0.3, -0.25) is 4.79 Å². The van der Waals surface area contributed by atoms with E-state index < -0.39 is 11.4 Å². The number of carbonyl (C=O) groups is 1. The normalized spacial score (nSPS) is 12.6. The van der Waals surface area contributed by atoms with Gasteiger partial charge in [0, 0.05) is 22.6 Å². The van der Waals surface area contributed by atoms with Gasteiger partial charge >= 0.3 is 5.63 Å². The SMILES string of the molecule is O=Cc1cc2c(cc1-c1cc(=O)oc3ccc(F)cc13)OCO2. The first-order chi connectivity index (χ1) is 11.2. The second kappa shape index (κ2) is 4.95. The van der Waals surface area contributed by atoms with Crippen molar-refractivity contribution in [3.63, 3.8) is 0 Å². The first kappa shape index (κ1) is 13.5. The third-order valence-corrected chi connectivity index (χ3v) is 3.67. The highest BCUT2D eigenvalue weighted by Crippen LogP contribution is 2.39. The summed E-state index contributed by atoms with van der Waals surface area (Å²) >= 11 is 0. The summed E-state index contributed by atoms with van der Waals surface area (Å²) in [7, 11) is 0. The van der Waals surface area contributed by atoms with E-state index in [0.717, 1.165) is 0 Å². The van der Waals surface area contributed by atoms with Crippen LogP contribution in [0, 0.1) is 5.82 Å². The molecule has 1 aliphatic rings. The zero-order valence-corrected chi connectivity index (χ0v) is 11.7. The number of benzene rings is 2. The van der Waals surface area contributed by atoms with Crippen molar-refractivity contribution in [1.29, 1.82) is 0 Å². The maximum atomic E-state index is 13.6. The molecule has 3 aromatic rings. The predicted molar refractivity (Wildman–Crippen MR) is 79.4 cm³/mol. The van der Waals surface area contributed by atoms with Crippen molar-refractivity contribution in [2.75, 3.05) is 6.79 Å². The van der Waals surface area contributed by atoms with Gasteiger partial charge in [0.15, 0.2) is 17.8 Å². The molecule has 1 aliphatic heterocycles. The van der Waals surface area contributed by atoms with Crippen molar-refractivity contribution in [2.24, 2.45) is 0 Å². The van der Waals surface area contributed by atoms with E-state index in [2.05, 4.69) is 0 Å². The minimum absolute atomic E-state index is 0.0589. The van der Waals surface area contributed by atoms with Crippen LogP contribution in [0.3, 0.4) is 0 Å². The number of aldehydes is 1. The highest BCUT2D eigenvalue weighted by atomic mass is 19.1. The molecule has 2 aromatic carbocycles. The highest BCUT2D eigenvalue weighted by molar-refractivity contribution is 5.99. The van der Waals surface area contributed by atoms with Crippen molar-refractivity contribution in [1.82, 2.24) is 0 Å². The zero-order valence-electron chi connectivity index (χ0n) is 11.7. The van der Waals surface area contributed by atoms with E-state index in [1.165, 1.54) is 30.3 Å². The molecule has 0 atom stereocenters. The van der Waals surface area contributed by atoms with Gasteiger partial charge in [0.1, 0.15) is 11.4 Å². The van der Waals surface area contributed by atoms with Crippen LogP contribution in [0.15, 0.2) is 45.6 Å². The van der Waals surface area contributed by atoms with E-state index in [4.69, 9.17) is 13.9 Å². The number of ether oxygens (including phenoxy) is 2. The third kappa shape index (κ3) is 2.15. The summed E-state index contributed by atoms with van der Waals surface area (Å²) in [5, 5.41) is 0.395. The molecule has 2 heterocycles. The summed E-state index contributed by atoms with van der Waals surface area (Å²) in [5.41, 5.74) is 0.811. The number of halogens is 1. The van der Waals surface area contributed by atoms with E-state index in [0.29, 0.717) is 39.9 Å². The highest BCUT2D eigenvalue weighted by Gasteiger charge is 2.20. The summed E-state index contributed by atoms with van der Waals surface area (Å²) in [4.78, 5) is 23.2. The molecule has 0 bridgehead atoms. The molecule has 0 fully saturated rings. The number of hydrogen-bond donors (Lipinski definition) is 0. The molecule has 5 nitrogen and oxygen atoms in total. The third-order valence-electron chi connectivity index (χ3n) is 3.67. The van der Waals surface area contributed by atoms with Crippen molar-refractivity contribution >= 4 is 17.3 Å². The minimum Gasteiger partial charge on any atom is -0.454 e. The average Bonchev–Trinajstić information content (AvgIpc) is 3.00. The van der Waals surface area contributed by atoms with Crippen LogP contribution in [0.1, 0.15) is 10.4 Å². The molecular weight excluding hydrogens is 303 g/mol. The molecule has 0 radical (unpaired) electrons. The fraction of sp³-hybridized carbons (Fsp3) is 0.0588. The van der Waals surface area contributed by atoms with Crippen LogP contribution in [0.4, 0.5) is 4.39 Å². The molecule has 0 spiro atoms. The molecule has 0 aliphatic carbocycles. The largest absolute Gasteiger partial charge is 0.454 e. The van der Waals surface area contributed by atoms with E-state index >= 15 is 0 Å². The summed E-state index contributed by atoms with van der Waals surface area (Å²) < 4.78 is 29.2. The van der Waals surface area contributed by atoms with Crippen LogP contribution in [0.2, 0.25) is 0 Å². The minimum atomic E-state index is -0.589. The zero-order chi connectivity index (χ0) is 16.0. The molecule has 23 heavy (non-hydrogen) atoms. The summed E-state index contributed by atoms with van der Waals surface area (Å²) in [6.45, 7) is 0.0589. The molecule has 1 aromatic heterocycles. The Labute approximate surface area is 128 Å². The van der Waals surface area contributed by atoms with Crippen LogP contribution in [0.25, 0.3) is 22.1 Å². The lowest BCUT2D eigenvalue weighted by Crippen LogP contribution is -2.00. The van der Waals surface area contributed by atoms with Crippen LogP contribution < -0.4 is 15.1 Å². The van der Waals surface area contributed by atoms with Crippen LogP contribution in [-0.2, 0) is 0 Å². The van der Waals surface area contributed by atoms with Crippen molar-refractivity contribution in [3.8, 4) is 22.6 Å². The van der Waals surface area contributed by atoms with Crippen LogP contribution in [0.5, 0.6) is 11.5 Å². The Morgan fingerprint density at radius 2 is 1.78 bits per heavy atom. The maximum absolute atomic E-state index is 13.6. The number of carbonyl (C=O) groups excluding carboxylic acids is 1. The van der Waals surface area contributed by atoms with Crippen molar-refractivity contribution in [3.05, 3.63) is 58.2 Å². The van der Waals surface area contributed by atoms with Crippen LogP contribution in [-0.4, -0.2) is 13.1 Å². The summed E-state index contributed by atoms with van der Waals surface area (Å²) in [6, 6.07) is 8.20. The fourth-order valence-corrected chi connectivity index (χ4v) is 2.65. The Morgan fingerprint density at radius 1 is 1.00 bits per heavy atom. The van der Waals surface area contributed by atoms with Gasteiger partial charge in [-0.05, 0) is 35.9 Å². The van der Waals surface area contributed by atoms with Gasteiger partial charge in [0.25, 0.3) is 0 Å². The Kier molecular flexibility index (Phi) is 2.90. The topological polar surface area (TPSA) is 65.7 Å². The van der Waals surface area contributed by atoms with E-state index in [1.54, 1.807) is 6.07 Å². The van der Waals surface area contributed by atoms with Gasteiger partial charge in [-0.1, -0.05) is 0 Å². The second-order valence-corrected chi connectivity index (χ2v) is 5.03. The summed E-state index contributed by atoms with van der Waals surface area (Å²) in [5.74, 6) is 0.443. The van der Waals surface area contributed by atoms with Crippen molar-refractivity contribution in [2.45, 2.75) is 0 Å². The molecule has 0 saturated heterocycles. The smallest absolute Gasteiger partial charge is 0.336 e. The maximum Gasteiger partial charge on any atom is 0.336 e. The molecular formula is C17H9FO5. The quantitative estimate of drug-likeness (QED) is 0.537. The second-order valence-electron chi connectivity index (χ2n) is 5.03. The monoisotopic (exact) mass is 312 g/mol. The average molecular weight is 312 g/mol. The van der Waals surface area contributed by atoms with E-state index in [-0.39, 0.29) is 12.4 Å². The predicted octanol–water partition coefficient (Wildman–Crippen LogP) is 3.14. The van der Waals surface area contributed by atoms with Gasteiger partial charge in [0.05, 0.1) is 0 Å². The summed E-state index contributed by atoms with van der Waals surface area (Å²) in [6.07, 6.45) is 0.650. The number of fused-ring (bicyclic) bond motifs is 2. The number of hydrogen-bond acceptors (Lipinski definition) is 5. The van der Waals surface area contributed by atoms with Crippen molar-refractivity contribution < 1.29 is 23.1 Å². The van der Waals surface area contributed by atoms with Gasteiger partial charge in [-0.25, -0.2) is 9.18 Å². The first-order valence-corrected chi connectivity index (χ1v) is 6.78. The lowest BCUT2D eigenvalue weighted by molar-refractivity contribution is 0.112. The lowest BCUT2D eigenvalue weighted by Gasteiger charge is -2.09. The van der Waals surface area contributed by atoms with Gasteiger partial charge < -0.3 is 13.9 Å². The van der Waals surface area contributed by atoms with E-state index in [9.17, 15) is 14.0 Å². The Morgan fingerprint density at radius 3 is 2.57 bits per heavy atom. The Balaban J connectivity index is 2.08.